The number of carbonyl (C=O) groups is 1. The molecule has 1 N–H and O–H groups in total. The first kappa shape index (κ1) is 17.9. The number of benzene rings is 2. The minimum Gasteiger partial charge on any atom is -0.491 e. The highest BCUT2D eigenvalue weighted by Gasteiger charge is 2.08. The van der Waals surface area contributed by atoms with Gasteiger partial charge in [-0.3, -0.25) is 0 Å². The molecule has 128 valence electrons. The summed E-state index contributed by atoms with van der Waals surface area (Å²) < 4.78 is 5.72. The van der Waals surface area contributed by atoms with Gasteiger partial charge in [0.25, 0.3) is 0 Å². The van der Waals surface area contributed by atoms with Gasteiger partial charge >= 0.3 is 6.03 Å². The van der Waals surface area contributed by atoms with E-state index in [0.717, 1.165) is 17.7 Å². The molecule has 0 saturated carbocycles. The van der Waals surface area contributed by atoms with Crippen LogP contribution in [0.3, 0.4) is 0 Å². The normalized spacial score (nSPS) is 10.3. The Kier molecular flexibility index (Phi) is 6.67. The van der Waals surface area contributed by atoms with Crippen LogP contribution >= 0.6 is 0 Å². The fourth-order valence-electron chi connectivity index (χ4n) is 2.43. The Labute approximate surface area is 144 Å². The molecule has 0 fully saturated rings. The molecule has 0 aliphatic rings. The highest BCUT2D eigenvalue weighted by Crippen LogP contribution is 2.15. The van der Waals surface area contributed by atoms with Gasteiger partial charge in [0.15, 0.2) is 0 Å². The van der Waals surface area contributed by atoms with E-state index in [2.05, 4.69) is 30.4 Å². The maximum atomic E-state index is 12.1. The lowest BCUT2D eigenvalue weighted by atomic mass is 10.1. The second-order valence-corrected chi connectivity index (χ2v) is 6.01. The molecular formula is C20H26N2O2. The van der Waals surface area contributed by atoms with Crippen LogP contribution in [0.25, 0.3) is 0 Å². The fraction of sp³-hybridized carbons (Fsp3) is 0.350. The largest absolute Gasteiger partial charge is 0.491 e. The maximum Gasteiger partial charge on any atom is 0.317 e. The van der Waals surface area contributed by atoms with Crippen LogP contribution in [0.5, 0.6) is 5.75 Å². The van der Waals surface area contributed by atoms with Crippen LogP contribution in [-0.2, 0) is 6.42 Å². The summed E-state index contributed by atoms with van der Waals surface area (Å²) in [6.07, 6.45) is 0.834. The minimum absolute atomic E-state index is 0.0731. The summed E-state index contributed by atoms with van der Waals surface area (Å²) in [6.45, 7) is 5.74. The van der Waals surface area contributed by atoms with Crippen molar-refractivity contribution in [1.29, 1.82) is 0 Å². The molecule has 2 amide bonds. The SMILES string of the molecule is Cc1cccc(CCNC(=O)N(C)CCOc2ccccc2C)c1. The average Bonchev–Trinajstić information content (AvgIpc) is 2.56. The molecule has 0 aliphatic carbocycles. The number of para-hydroxylation sites is 1. The zero-order valence-electron chi connectivity index (χ0n) is 14.7. The van der Waals surface area contributed by atoms with Crippen molar-refractivity contribution in [2.75, 3.05) is 26.7 Å². The quantitative estimate of drug-likeness (QED) is 0.845. The van der Waals surface area contributed by atoms with Gasteiger partial charge < -0.3 is 15.0 Å². The second kappa shape index (κ2) is 8.96. The van der Waals surface area contributed by atoms with E-state index in [1.54, 1.807) is 11.9 Å². The van der Waals surface area contributed by atoms with E-state index < -0.39 is 0 Å². The van der Waals surface area contributed by atoms with E-state index in [0.29, 0.717) is 19.7 Å². The number of hydrogen-bond donors (Lipinski definition) is 1. The Morgan fingerprint density at radius 1 is 1.12 bits per heavy atom. The first-order chi connectivity index (χ1) is 11.6. The lowest BCUT2D eigenvalue weighted by molar-refractivity contribution is 0.195. The molecule has 0 radical (unpaired) electrons. The second-order valence-electron chi connectivity index (χ2n) is 6.01. The summed E-state index contributed by atoms with van der Waals surface area (Å²) in [5.41, 5.74) is 3.58. The summed E-state index contributed by atoms with van der Waals surface area (Å²) in [5.74, 6) is 0.866. The third-order valence-electron chi connectivity index (χ3n) is 3.90. The molecule has 0 spiro atoms. The molecular weight excluding hydrogens is 300 g/mol. The van der Waals surface area contributed by atoms with Gasteiger partial charge in [-0.05, 0) is 37.5 Å². The van der Waals surface area contributed by atoms with Crippen LogP contribution in [0, 0.1) is 13.8 Å². The van der Waals surface area contributed by atoms with Crippen molar-refractivity contribution < 1.29 is 9.53 Å². The third kappa shape index (κ3) is 5.61. The summed E-state index contributed by atoms with van der Waals surface area (Å²) >= 11 is 0. The van der Waals surface area contributed by atoms with Gasteiger partial charge in [-0.25, -0.2) is 4.79 Å². The number of ether oxygens (including phenoxy) is 1. The first-order valence-electron chi connectivity index (χ1n) is 8.29. The molecule has 0 aliphatic heterocycles. The topological polar surface area (TPSA) is 41.6 Å². The minimum atomic E-state index is -0.0731. The molecule has 0 aromatic heterocycles. The number of aryl methyl sites for hydroxylation is 2. The van der Waals surface area contributed by atoms with Gasteiger partial charge in [0.1, 0.15) is 12.4 Å². The van der Waals surface area contributed by atoms with Gasteiger partial charge in [0.2, 0.25) is 0 Å². The molecule has 0 unspecified atom stereocenters. The van der Waals surface area contributed by atoms with Crippen molar-refractivity contribution in [3.05, 3.63) is 65.2 Å². The molecule has 0 atom stereocenters. The zero-order chi connectivity index (χ0) is 17.4. The number of carbonyl (C=O) groups excluding carboxylic acids is 1. The molecule has 4 nitrogen and oxygen atoms in total. The monoisotopic (exact) mass is 326 g/mol. The highest BCUT2D eigenvalue weighted by atomic mass is 16.5. The molecule has 0 saturated heterocycles. The number of rotatable bonds is 7. The van der Waals surface area contributed by atoms with E-state index in [-0.39, 0.29) is 6.03 Å². The van der Waals surface area contributed by atoms with E-state index in [1.807, 2.05) is 37.3 Å². The predicted octanol–water partition coefficient (Wildman–Crippen LogP) is 3.57. The molecule has 24 heavy (non-hydrogen) atoms. The van der Waals surface area contributed by atoms with Crippen LogP contribution in [-0.4, -0.2) is 37.7 Å². The van der Waals surface area contributed by atoms with Gasteiger partial charge in [0, 0.05) is 13.6 Å². The number of amides is 2. The van der Waals surface area contributed by atoms with Gasteiger partial charge in [-0.15, -0.1) is 0 Å². The molecule has 2 aromatic carbocycles. The summed E-state index contributed by atoms with van der Waals surface area (Å²) in [7, 11) is 1.78. The predicted molar refractivity (Wildman–Crippen MR) is 97.6 cm³/mol. The number of nitrogens with one attached hydrogen (secondary N) is 1. The zero-order valence-corrected chi connectivity index (χ0v) is 14.7. The summed E-state index contributed by atoms with van der Waals surface area (Å²) in [4.78, 5) is 13.7. The molecule has 2 aromatic rings. The van der Waals surface area contributed by atoms with Crippen LogP contribution in [0.15, 0.2) is 48.5 Å². The van der Waals surface area contributed by atoms with Crippen molar-refractivity contribution in [3.8, 4) is 5.75 Å². The number of likely N-dealkylation sites (N-methyl/N-ethyl adjacent to an activating group) is 1. The van der Waals surface area contributed by atoms with Crippen LogP contribution in [0.1, 0.15) is 16.7 Å². The Balaban J connectivity index is 1.67. The van der Waals surface area contributed by atoms with Crippen LogP contribution in [0.2, 0.25) is 0 Å². The van der Waals surface area contributed by atoms with E-state index in [4.69, 9.17) is 4.74 Å². The molecule has 2 rings (SSSR count). The third-order valence-corrected chi connectivity index (χ3v) is 3.90. The Morgan fingerprint density at radius 3 is 2.67 bits per heavy atom. The van der Waals surface area contributed by atoms with E-state index in [1.165, 1.54) is 11.1 Å². The Morgan fingerprint density at radius 2 is 1.92 bits per heavy atom. The highest BCUT2D eigenvalue weighted by molar-refractivity contribution is 5.73. The van der Waals surface area contributed by atoms with Crippen LogP contribution in [0.4, 0.5) is 4.79 Å². The first-order valence-corrected chi connectivity index (χ1v) is 8.29. The van der Waals surface area contributed by atoms with Crippen molar-refractivity contribution in [3.63, 3.8) is 0 Å². The summed E-state index contributed by atoms with van der Waals surface area (Å²) in [5, 5.41) is 2.94. The van der Waals surface area contributed by atoms with E-state index in [9.17, 15) is 4.79 Å². The van der Waals surface area contributed by atoms with Crippen molar-refractivity contribution in [2.24, 2.45) is 0 Å². The lowest BCUT2D eigenvalue weighted by Crippen LogP contribution is -2.40. The van der Waals surface area contributed by atoms with Crippen molar-refractivity contribution in [2.45, 2.75) is 20.3 Å². The summed E-state index contributed by atoms with van der Waals surface area (Å²) in [6, 6.07) is 16.2. The number of hydrogen-bond acceptors (Lipinski definition) is 2. The van der Waals surface area contributed by atoms with Gasteiger partial charge in [-0.1, -0.05) is 48.0 Å². The smallest absolute Gasteiger partial charge is 0.317 e. The molecule has 0 bridgehead atoms. The Hall–Kier alpha value is -2.49. The fourth-order valence-corrected chi connectivity index (χ4v) is 2.43. The van der Waals surface area contributed by atoms with Crippen molar-refractivity contribution in [1.82, 2.24) is 10.2 Å². The standard InChI is InChI=1S/C20H26N2O2/c1-16-7-6-9-18(15-16)11-12-21-20(23)22(3)13-14-24-19-10-5-4-8-17(19)2/h4-10,15H,11-14H2,1-3H3,(H,21,23). The van der Waals surface area contributed by atoms with Crippen LogP contribution < -0.4 is 10.1 Å². The van der Waals surface area contributed by atoms with Gasteiger partial charge in [-0.2, -0.15) is 0 Å². The van der Waals surface area contributed by atoms with Gasteiger partial charge in [0.05, 0.1) is 6.54 Å². The number of nitrogens with zero attached hydrogens (tertiary/aromatic N) is 1. The number of urea groups is 1. The maximum absolute atomic E-state index is 12.1. The Bertz CT molecular complexity index is 670. The molecule has 4 heteroatoms. The average molecular weight is 326 g/mol. The molecule has 0 heterocycles. The van der Waals surface area contributed by atoms with Crippen molar-refractivity contribution >= 4 is 6.03 Å². The lowest BCUT2D eigenvalue weighted by Gasteiger charge is -2.18. The van der Waals surface area contributed by atoms with E-state index >= 15 is 0 Å².